The predicted molar refractivity (Wildman–Crippen MR) is 86.8 cm³/mol. The Morgan fingerprint density at radius 2 is 1.76 bits per heavy atom. The maximum atomic E-state index is 12.4. The van der Waals surface area contributed by atoms with Gasteiger partial charge in [0.2, 0.25) is 0 Å². The number of aliphatic hydroxyl groups is 1. The summed E-state index contributed by atoms with van der Waals surface area (Å²) in [5.74, 6) is 0. The SMILES string of the molecule is Cc1cc(NS(=O)(=O)c2cccc(CO)c2)cc(C)c1Br. The van der Waals surface area contributed by atoms with E-state index in [2.05, 4.69) is 20.7 Å². The van der Waals surface area contributed by atoms with Crippen molar-refractivity contribution in [1.29, 1.82) is 0 Å². The fraction of sp³-hybridized carbons (Fsp3) is 0.200. The van der Waals surface area contributed by atoms with Crippen LogP contribution in [0.1, 0.15) is 16.7 Å². The normalized spacial score (nSPS) is 11.4. The Labute approximate surface area is 133 Å². The minimum absolute atomic E-state index is 0.132. The van der Waals surface area contributed by atoms with Crippen LogP contribution in [-0.4, -0.2) is 13.5 Å². The molecular weight excluding hydrogens is 354 g/mol. The first kappa shape index (κ1) is 16.0. The molecule has 0 radical (unpaired) electrons. The number of benzene rings is 2. The van der Waals surface area contributed by atoms with Crippen LogP contribution in [0.3, 0.4) is 0 Å². The van der Waals surface area contributed by atoms with Gasteiger partial charge in [-0.25, -0.2) is 8.42 Å². The predicted octanol–water partition coefficient (Wildman–Crippen LogP) is 3.36. The fourth-order valence-electron chi connectivity index (χ4n) is 2.03. The number of aryl methyl sites for hydroxylation is 2. The number of rotatable bonds is 4. The number of anilines is 1. The Hall–Kier alpha value is -1.37. The van der Waals surface area contributed by atoms with Gasteiger partial charge >= 0.3 is 0 Å². The second-order valence-electron chi connectivity index (χ2n) is 4.84. The van der Waals surface area contributed by atoms with E-state index in [0.717, 1.165) is 15.6 Å². The average molecular weight is 370 g/mol. The third-order valence-electron chi connectivity index (χ3n) is 3.08. The third-order valence-corrected chi connectivity index (χ3v) is 5.71. The molecule has 0 atom stereocenters. The lowest BCUT2D eigenvalue weighted by molar-refractivity contribution is 0.281. The molecule has 0 aliphatic rings. The molecule has 0 amide bonds. The van der Waals surface area contributed by atoms with Crippen molar-refractivity contribution in [2.45, 2.75) is 25.3 Å². The van der Waals surface area contributed by atoms with Crippen LogP contribution >= 0.6 is 15.9 Å². The highest BCUT2D eigenvalue weighted by atomic mass is 79.9. The van der Waals surface area contributed by atoms with Crippen molar-refractivity contribution in [3.05, 3.63) is 57.6 Å². The summed E-state index contributed by atoms with van der Waals surface area (Å²) >= 11 is 3.45. The number of sulfonamides is 1. The molecule has 0 aliphatic heterocycles. The van der Waals surface area contributed by atoms with Gasteiger partial charge < -0.3 is 5.11 Å². The van der Waals surface area contributed by atoms with Crippen molar-refractivity contribution >= 4 is 31.6 Å². The molecule has 21 heavy (non-hydrogen) atoms. The lowest BCUT2D eigenvalue weighted by atomic mass is 10.1. The molecule has 112 valence electrons. The van der Waals surface area contributed by atoms with Gasteiger partial charge in [-0.1, -0.05) is 28.1 Å². The van der Waals surface area contributed by atoms with Crippen LogP contribution in [-0.2, 0) is 16.6 Å². The first-order chi connectivity index (χ1) is 9.83. The molecule has 2 aromatic rings. The van der Waals surface area contributed by atoms with Crippen LogP contribution in [0.25, 0.3) is 0 Å². The van der Waals surface area contributed by atoms with Crippen molar-refractivity contribution in [3.63, 3.8) is 0 Å². The molecule has 0 unspecified atom stereocenters. The number of aliphatic hydroxyl groups excluding tert-OH is 1. The Kier molecular flexibility index (Phi) is 4.70. The molecule has 4 nitrogen and oxygen atoms in total. The lowest BCUT2D eigenvalue weighted by Crippen LogP contribution is -2.13. The fourth-order valence-corrected chi connectivity index (χ4v) is 3.37. The van der Waals surface area contributed by atoms with E-state index < -0.39 is 10.0 Å². The Balaban J connectivity index is 2.37. The van der Waals surface area contributed by atoms with Gasteiger partial charge in [-0.2, -0.15) is 0 Å². The summed E-state index contributed by atoms with van der Waals surface area (Å²) in [5.41, 5.74) is 2.98. The van der Waals surface area contributed by atoms with Crippen LogP contribution in [0, 0.1) is 13.8 Å². The molecule has 0 heterocycles. The van der Waals surface area contributed by atoms with E-state index in [-0.39, 0.29) is 11.5 Å². The zero-order chi connectivity index (χ0) is 15.6. The summed E-state index contributed by atoms with van der Waals surface area (Å²) in [4.78, 5) is 0.132. The molecule has 0 saturated heterocycles. The van der Waals surface area contributed by atoms with Gasteiger partial charge in [-0.05, 0) is 54.8 Å². The molecule has 2 rings (SSSR count). The monoisotopic (exact) mass is 369 g/mol. The van der Waals surface area contributed by atoms with Crippen molar-refractivity contribution in [2.75, 3.05) is 4.72 Å². The minimum atomic E-state index is -3.67. The molecule has 6 heteroatoms. The molecule has 2 aromatic carbocycles. The van der Waals surface area contributed by atoms with Gasteiger partial charge in [-0.3, -0.25) is 4.72 Å². The summed E-state index contributed by atoms with van der Waals surface area (Å²) in [6.07, 6.45) is 0. The average Bonchev–Trinajstić information content (AvgIpc) is 2.44. The molecule has 2 N–H and O–H groups in total. The molecule has 0 spiro atoms. The molecule has 0 bridgehead atoms. The first-order valence-electron chi connectivity index (χ1n) is 6.33. The van der Waals surface area contributed by atoms with E-state index in [1.807, 2.05) is 13.8 Å². The summed E-state index contributed by atoms with van der Waals surface area (Å²) in [6.45, 7) is 3.61. The Morgan fingerprint density at radius 1 is 1.14 bits per heavy atom. The van der Waals surface area contributed by atoms with Gasteiger partial charge in [0.25, 0.3) is 10.0 Å². The first-order valence-corrected chi connectivity index (χ1v) is 8.60. The largest absolute Gasteiger partial charge is 0.392 e. The molecule has 0 aromatic heterocycles. The van der Waals surface area contributed by atoms with Crippen molar-refractivity contribution in [3.8, 4) is 0 Å². The van der Waals surface area contributed by atoms with E-state index in [4.69, 9.17) is 5.11 Å². The smallest absolute Gasteiger partial charge is 0.261 e. The van der Waals surface area contributed by atoms with Gasteiger partial charge in [0, 0.05) is 10.2 Å². The summed E-state index contributed by atoms with van der Waals surface area (Å²) in [5, 5.41) is 9.10. The van der Waals surface area contributed by atoms with Gasteiger partial charge in [0.05, 0.1) is 11.5 Å². The third kappa shape index (κ3) is 3.64. The van der Waals surface area contributed by atoms with Crippen LogP contribution < -0.4 is 4.72 Å². The maximum absolute atomic E-state index is 12.4. The summed E-state index contributed by atoms with van der Waals surface area (Å²) in [7, 11) is -3.67. The lowest BCUT2D eigenvalue weighted by Gasteiger charge is -2.12. The second-order valence-corrected chi connectivity index (χ2v) is 7.31. The zero-order valence-corrected chi connectivity index (χ0v) is 14.1. The highest BCUT2D eigenvalue weighted by molar-refractivity contribution is 9.10. The van der Waals surface area contributed by atoms with Crippen molar-refractivity contribution in [1.82, 2.24) is 0 Å². The highest BCUT2D eigenvalue weighted by Gasteiger charge is 2.15. The minimum Gasteiger partial charge on any atom is -0.392 e. The Bertz CT molecular complexity index is 749. The van der Waals surface area contributed by atoms with Crippen molar-refractivity contribution < 1.29 is 13.5 Å². The molecule has 0 aliphatic carbocycles. The molecule has 0 fully saturated rings. The quantitative estimate of drug-likeness (QED) is 0.867. The summed E-state index contributed by atoms with van der Waals surface area (Å²) in [6, 6.07) is 9.78. The number of hydrogen-bond acceptors (Lipinski definition) is 3. The number of halogens is 1. The van der Waals surface area contributed by atoms with Gasteiger partial charge in [-0.15, -0.1) is 0 Å². The van der Waals surface area contributed by atoms with E-state index >= 15 is 0 Å². The Morgan fingerprint density at radius 3 is 2.33 bits per heavy atom. The van der Waals surface area contributed by atoms with Crippen LogP contribution in [0.4, 0.5) is 5.69 Å². The van der Waals surface area contributed by atoms with E-state index in [1.165, 1.54) is 12.1 Å². The topological polar surface area (TPSA) is 66.4 Å². The number of nitrogens with one attached hydrogen (secondary N) is 1. The van der Waals surface area contributed by atoms with E-state index in [1.54, 1.807) is 24.3 Å². The maximum Gasteiger partial charge on any atom is 0.261 e. The van der Waals surface area contributed by atoms with Crippen LogP contribution in [0.5, 0.6) is 0 Å². The number of hydrogen-bond donors (Lipinski definition) is 2. The standard InChI is InChI=1S/C15H16BrNO3S/c1-10-6-13(7-11(2)15(10)16)17-21(19,20)14-5-3-4-12(8-14)9-18/h3-8,17-18H,9H2,1-2H3. The van der Waals surface area contributed by atoms with Gasteiger partial charge in [0.15, 0.2) is 0 Å². The second kappa shape index (κ2) is 6.17. The van der Waals surface area contributed by atoms with Crippen LogP contribution in [0.15, 0.2) is 45.8 Å². The van der Waals surface area contributed by atoms with E-state index in [9.17, 15) is 8.42 Å². The van der Waals surface area contributed by atoms with Crippen LogP contribution in [0.2, 0.25) is 0 Å². The molecule has 0 saturated carbocycles. The van der Waals surface area contributed by atoms with E-state index in [0.29, 0.717) is 11.3 Å². The highest BCUT2D eigenvalue weighted by Crippen LogP contribution is 2.26. The van der Waals surface area contributed by atoms with Gasteiger partial charge in [0.1, 0.15) is 0 Å². The van der Waals surface area contributed by atoms with Crippen molar-refractivity contribution in [2.24, 2.45) is 0 Å². The zero-order valence-electron chi connectivity index (χ0n) is 11.7. The summed E-state index contributed by atoms with van der Waals surface area (Å²) < 4.78 is 28.3. The molecular formula is C15H16BrNO3S.